The average molecular weight is 382 g/mol. The van der Waals surface area contributed by atoms with Gasteiger partial charge in [-0.05, 0) is 36.8 Å². The number of nitrogens with zero attached hydrogens (tertiary/aromatic N) is 4. The van der Waals surface area contributed by atoms with Crippen molar-refractivity contribution in [2.75, 3.05) is 19.6 Å². The van der Waals surface area contributed by atoms with Crippen LogP contribution in [0.2, 0.25) is 5.02 Å². The van der Waals surface area contributed by atoms with Gasteiger partial charge in [0.2, 0.25) is 0 Å². The summed E-state index contributed by atoms with van der Waals surface area (Å²) in [6.07, 6.45) is 0. The maximum atomic E-state index is 13.3. The van der Waals surface area contributed by atoms with E-state index in [2.05, 4.69) is 15.6 Å². The summed E-state index contributed by atoms with van der Waals surface area (Å²) in [5.74, 6) is -0.110. The summed E-state index contributed by atoms with van der Waals surface area (Å²) in [7, 11) is 0. The average Bonchev–Trinajstić information content (AvgIpc) is 3.09. The van der Waals surface area contributed by atoms with E-state index in [0.29, 0.717) is 23.8 Å². The van der Waals surface area contributed by atoms with E-state index in [9.17, 15) is 4.79 Å². The Labute approximate surface area is 162 Å². The number of benzene rings is 2. The van der Waals surface area contributed by atoms with E-state index >= 15 is 0 Å². The first kappa shape index (κ1) is 17.7. The Morgan fingerprint density at radius 3 is 2.78 bits per heavy atom. The highest BCUT2D eigenvalue weighted by atomic mass is 35.5. The molecule has 1 N–H and O–H groups in total. The molecule has 4 rings (SSSR count). The number of halogens is 1. The molecule has 1 amide bonds. The van der Waals surface area contributed by atoms with Gasteiger partial charge in [0.05, 0.1) is 17.4 Å². The molecule has 1 aliphatic heterocycles. The van der Waals surface area contributed by atoms with Gasteiger partial charge in [-0.2, -0.15) is 0 Å². The van der Waals surface area contributed by atoms with Crippen LogP contribution in [-0.4, -0.2) is 45.4 Å². The molecule has 0 saturated carbocycles. The minimum atomic E-state index is -0.110. The van der Waals surface area contributed by atoms with Crippen molar-refractivity contribution in [2.24, 2.45) is 0 Å². The van der Waals surface area contributed by atoms with E-state index in [1.54, 1.807) is 4.68 Å². The highest BCUT2D eigenvalue weighted by Gasteiger charge is 2.31. The molecule has 2 heterocycles. The summed E-state index contributed by atoms with van der Waals surface area (Å²) >= 11 is 6.16. The number of rotatable bonds is 3. The molecule has 138 valence electrons. The van der Waals surface area contributed by atoms with Crippen LogP contribution in [0.4, 0.5) is 0 Å². The van der Waals surface area contributed by atoms with Crippen LogP contribution in [0.1, 0.15) is 27.8 Å². The van der Waals surface area contributed by atoms with E-state index in [1.165, 1.54) is 0 Å². The highest BCUT2D eigenvalue weighted by molar-refractivity contribution is 6.30. The van der Waals surface area contributed by atoms with Crippen molar-refractivity contribution in [3.05, 3.63) is 76.6 Å². The van der Waals surface area contributed by atoms with Crippen molar-refractivity contribution in [1.82, 2.24) is 25.2 Å². The highest BCUT2D eigenvalue weighted by Crippen LogP contribution is 2.26. The molecule has 1 unspecified atom stereocenters. The Kier molecular flexibility index (Phi) is 4.92. The van der Waals surface area contributed by atoms with Crippen molar-refractivity contribution >= 4 is 17.5 Å². The Morgan fingerprint density at radius 2 is 2.00 bits per heavy atom. The topological polar surface area (TPSA) is 63.1 Å². The molecule has 1 fully saturated rings. The third-order valence-corrected chi connectivity index (χ3v) is 5.07. The van der Waals surface area contributed by atoms with Gasteiger partial charge in [-0.1, -0.05) is 47.1 Å². The summed E-state index contributed by atoms with van der Waals surface area (Å²) in [6, 6.07) is 17.3. The van der Waals surface area contributed by atoms with Crippen molar-refractivity contribution in [3.8, 4) is 5.69 Å². The van der Waals surface area contributed by atoms with Gasteiger partial charge < -0.3 is 10.2 Å². The van der Waals surface area contributed by atoms with Crippen LogP contribution >= 0.6 is 11.6 Å². The number of hydrogen-bond acceptors (Lipinski definition) is 4. The van der Waals surface area contributed by atoms with Gasteiger partial charge in [0, 0.05) is 24.7 Å². The third-order valence-electron chi connectivity index (χ3n) is 4.84. The molecule has 3 aromatic rings. The lowest BCUT2D eigenvalue weighted by atomic mass is 10.0. The molecule has 1 aromatic heterocycles. The van der Waals surface area contributed by atoms with E-state index in [4.69, 9.17) is 11.6 Å². The Hall–Kier alpha value is -2.70. The second-order valence-corrected chi connectivity index (χ2v) is 6.98. The molecule has 0 bridgehead atoms. The molecule has 0 aliphatic carbocycles. The van der Waals surface area contributed by atoms with Gasteiger partial charge in [0.15, 0.2) is 5.69 Å². The molecule has 1 aliphatic rings. The van der Waals surface area contributed by atoms with Crippen molar-refractivity contribution in [2.45, 2.75) is 13.0 Å². The summed E-state index contributed by atoms with van der Waals surface area (Å²) in [5.41, 5.74) is 3.01. The van der Waals surface area contributed by atoms with Crippen LogP contribution in [0, 0.1) is 6.92 Å². The minimum absolute atomic E-state index is 0.0915. The fourth-order valence-corrected chi connectivity index (χ4v) is 3.64. The SMILES string of the molecule is Cc1c(C(=O)N2CCNCC2c2cccc(Cl)c2)nnn1-c1ccccc1. The van der Waals surface area contributed by atoms with Crippen LogP contribution in [0.3, 0.4) is 0 Å². The van der Waals surface area contributed by atoms with Crippen molar-refractivity contribution < 1.29 is 4.79 Å². The monoisotopic (exact) mass is 381 g/mol. The van der Waals surface area contributed by atoms with E-state index in [1.807, 2.05) is 66.4 Å². The van der Waals surface area contributed by atoms with Gasteiger partial charge in [-0.25, -0.2) is 4.68 Å². The van der Waals surface area contributed by atoms with E-state index < -0.39 is 0 Å². The standard InChI is InChI=1S/C20H20ClN5O/c1-14-19(23-24-26(14)17-8-3-2-4-9-17)20(27)25-11-10-22-13-18(25)15-6-5-7-16(21)12-15/h2-9,12,18,22H,10-11,13H2,1H3. The molecule has 1 atom stereocenters. The molecule has 2 aromatic carbocycles. The number of hydrogen-bond donors (Lipinski definition) is 1. The zero-order valence-electron chi connectivity index (χ0n) is 15.0. The fourth-order valence-electron chi connectivity index (χ4n) is 3.44. The first-order chi connectivity index (χ1) is 13.1. The molecule has 0 spiro atoms. The molecule has 27 heavy (non-hydrogen) atoms. The zero-order valence-corrected chi connectivity index (χ0v) is 15.7. The van der Waals surface area contributed by atoms with E-state index in [0.717, 1.165) is 23.5 Å². The van der Waals surface area contributed by atoms with Crippen molar-refractivity contribution in [3.63, 3.8) is 0 Å². The molecule has 6 nitrogen and oxygen atoms in total. The predicted octanol–water partition coefficient (Wildman–Crippen LogP) is 3.02. The van der Waals surface area contributed by atoms with Crippen LogP contribution in [0.5, 0.6) is 0 Å². The predicted molar refractivity (Wildman–Crippen MR) is 104 cm³/mol. The van der Waals surface area contributed by atoms with Gasteiger partial charge in [0.25, 0.3) is 5.91 Å². The van der Waals surface area contributed by atoms with Gasteiger partial charge in [0.1, 0.15) is 0 Å². The molecular formula is C20H20ClN5O. The van der Waals surface area contributed by atoms with Crippen LogP contribution in [-0.2, 0) is 0 Å². The van der Waals surface area contributed by atoms with Crippen LogP contribution in [0.25, 0.3) is 5.69 Å². The number of piperazine rings is 1. The fraction of sp³-hybridized carbons (Fsp3) is 0.250. The number of aromatic nitrogens is 3. The lowest BCUT2D eigenvalue weighted by Crippen LogP contribution is -2.49. The lowest BCUT2D eigenvalue weighted by Gasteiger charge is -2.36. The van der Waals surface area contributed by atoms with Crippen molar-refractivity contribution in [1.29, 1.82) is 0 Å². The second-order valence-electron chi connectivity index (χ2n) is 6.54. The summed E-state index contributed by atoms with van der Waals surface area (Å²) in [4.78, 5) is 15.1. The quantitative estimate of drug-likeness (QED) is 0.757. The normalized spacial score (nSPS) is 17.1. The summed E-state index contributed by atoms with van der Waals surface area (Å²) in [5, 5.41) is 12.4. The molecular weight excluding hydrogens is 362 g/mol. The number of amides is 1. The largest absolute Gasteiger partial charge is 0.328 e. The maximum Gasteiger partial charge on any atom is 0.276 e. The summed E-state index contributed by atoms with van der Waals surface area (Å²) < 4.78 is 1.70. The first-order valence-electron chi connectivity index (χ1n) is 8.90. The number of nitrogens with one attached hydrogen (secondary N) is 1. The Bertz CT molecular complexity index is 956. The van der Waals surface area contributed by atoms with E-state index in [-0.39, 0.29) is 11.9 Å². The van der Waals surface area contributed by atoms with Gasteiger partial charge in [-0.3, -0.25) is 4.79 Å². The number of carbonyl (C=O) groups is 1. The number of para-hydroxylation sites is 1. The Balaban J connectivity index is 1.66. The molecule has 1 saturated heterocycles. The van der Waals surface area contributed by atoms with Crippen LogP contribution in [0.15, 0.2) is 54.6 Å². The smallest absolute Gasteiger partial charge is 0.276 e. The van der Waals surface area contributed by atoms with Gasteiger partial charge in [-0.15, -0.1) is 5.10 Å². The second kappa shape index (κ2) is 7.50. The Morgan fingerprint density at radius 1 is 1.19 bits per heavy atom. The number of carbonyl (C=O) groups excluding carboxylic acids is 1. The third kappa shape index (κ3) is 3.46. The summed E-state index contributed by atoms with van der Waals surface area (Å²) in [6.45, 7) is 3.90. The minimum Gasteiger partial charge on any atom is -0.328 e. The maximum absolute atomic E-state index is 13.3. The van der Waals surface area contributed by atoms with Crippen LogP contribution < -0.4 is 5.32 Å². The first-order valence-corrected chi connectivity index (χ1v) is 9.28. The lowest BCUT2D eigenvalue weighted by molar-refractivity contribution is 0.0627. The molecule has 7 heteroatoms. The molecule has 0 radical (unpaired) electrons. The zero-order chi connectivity index (χ0) is 18.8. The van der Waals surface area contributed by atoms with Gasteiger partial charge >= 0.3 is 0 Å².